The number of benzene rings is 6. The van der Waals surface area contributed by atoms with E-state index in [0.717, 1.165) is 62.4 Å². The largest absolute Gasteiger partial charge is 0.309 e. The Morgan fingerprint density at radius 2 is 0.962 bits per heavy atom. The number of fused-ring (bicyclic) bond motifs is 4. The molecule has 0 unspecified atom stereocenters. The maximum atomic E-state index is 5.34. The number of anilines is 9. The van der Waals surface area contributed by atoms with Gasteiger partial charge in [-0.1, -0.05) is 109 Å². The third-order valence-corrected chi connectivity index (χ3v) is 10.1. The number of para-hydroxylation sites is 3. The van der Waals surface area contributed by atoms with Crippen molar-refractivity contribution < 1.29 is 0 Å². The van der Waals surface area contributed by atoms with Gasteiger partial charge in [0, 0.05) is 40.3 Å². The molecule has 0 bridgehead atoms. The van der Waals surface area contributed by atoms with Crippen LogP contribution in [0.1, 0.15) is 0 Å². The van der Waals surface area contributed by atoms with Gasteiger partial charge in [-0.15, -0.1) is 0 Å². The molecule has 0 amide bonds. The molecule has 0 saturated heterocycles. The molecule has 0 atom stereocenters. The highest BCUT2D eigenvalue weighted by atomic mass is 15.2. The Hall–Kier alpha value is -6.92. The zero-order valence-electron chi connectivity index (χ0n) is 28.3. The fourth-order valence-electron chi connectivity index (χ4n) is 7.87. The van der Waals surface area contributed by atoms with Gasteiger partial charge in [0.05, 0.1) is 11.9 Å². The quantitative estimate of drug-likeness (QED) is 0.165. The zero-order valence-corrected chi connectivity index (χ0v) is 28.3. The Bertz CT molecular complexity index is 2490. The second kappa shape index (κ2) is 12.4. The lowest BCUT2D eigenvalue weighted by Crippen LogP contribution is -2.61. The van der Waals surface area contributed by atoms with E-state index in [2.05, 4.69) is 197 Å². The lowest BCUT2D eigenvalue weighted by molar-refractivity contribution is 1.15. The molecule has 0 aliphatic carbocycles. The summed E-state index contributed by atoms with van der Waals surface area (Å²) < 4.78 is 0. The first-order chi connectivity index (χ1) is 25.8. The Morgan fingerprint density at radius 3 is 1.60 bits per heavy atom. The van der Waals surface area contributed by atoms with Crippen molar-refractivity contribution in [1.82, 2.24) is 9.97 Å². The molecule has 10 rings (SSSR count). The maximum Gasteiger partial charge on any atom is 0.256 e. The van der Waals surface area contributed by atoms with Crippen molar-refractivity contribution in [3.8, 4) is 11.1 Å². The molecule has 6 aromatic carbocycles. The minimum absolute atomic E-state index is 0.0921. The first kappa shape index (κ1) is 30.0. The average molecular weight is 666 g/mol. The predicted octanol–water partition coefficient (Wildman–Crippen LogP) is 9.70. The van der Waals surface area contributed by atoms with Gasteiger partial charge in [-0.2, -0.15) is 0 Å². The van der Waals surface area contributed by atoms with Crippen LogP contribution in [0.2, 0.25) is 0 Å². The molecule has 0 fully saturated rings. The Kier molecular flexibility index (Phi) is 7.17. The molecular formula is C46H32BN5. The van der Waals surface area contributed by atoms with Gasteiger partial charge in [0.25, 0.3) is 6.71 Å². The fraction of sp³-hybridized carbons (Fsp3) is 0. The summed E-state index contributed by atoms with van der Waals surface area (Å²) in [6.07, 6.45) is 3.91. The normalized spacial score (nSPS) is 12.5. The van der Waals surface area contributed by atoms with Crippen LogP contribution in [-0.4, -0.2) is 16.7 Å². The maximum absolute atomic E-state index is 5.34. The molecule has 0 spiro atoms. The molecule has 52 heavy (non-hydrogen) atoms. The molecular weight excluding hydrogens is 633 g/mol. The van der Waals surface area contributed by atoms with E-state index in [-0.39, 0.29) is 6.71 Å². The lowest BCUT2D eigenvalue weighted by atomic mass is 9.34. The van der Waals surface area contributed by atoms with Crippen molar-refractivity contribution in [3.63, 3.8) is 0 Å². The van der Waals surface area contributed by atoms with Gasteiger partial charge in [-0.3, -0.25) is 9.80 Å². The summed E-state index contributed by atoms with van der Waals surface area (Å²) in [7, 11) is 0. The SMILES string of the molecule is c1ccc(-c2ccc(N3c4cccc5c4B(c4cccnc43)c3cc(N(c4ccccc4)c4ccccc4)cnc3N5c3ccccc3)cc2)cc1. The number of aromatic nitrogens is 2. The summed E-state index contributed by atoms with van der Waals surface area (Å²) in [5.74, 6) is 1.85. The average Bonchev–Trinajstić information content (AvgIpc) is 3.22. The summed E-state index contributed by atoms with van der Waals surface area (Å²) >= 11 is 0. The lowest BCUT2D eigenvalue weighted by Gasteiger charge is -2.43. The van der Waals surface area contributed by atoms with Crippen molar-refractivity contribution in [2.75, 3.05) is 14.7 Å². The summed E-state index contributed by atoms with van der Waals surface area (Å²) in [5.41, 5.74) is 13.4. The van der Waals surface area contributed by atoms with Crippen molar-refractivity contribution >= 4 is 74.5 Å². The Labute approximate surface area is 303 Å². The van der Waals surface area contributed by atoms with E-state index in [1.807, 2.05) is 12.4 Å². The minimum Gasteiger partial charge on any atom is -0.309 e. The second-order valence-corrected chi connectivity index (χ2v) is 13.1. The van der Waals surface area contributed by atoms with Crippen LogP contribution in [0.5, 0.6) is 0 Å². The standard InChI is InChI=1S/C46H32BN5/c1-5-15-33(16-6-1)34-26-28-38(29-27-34)52-43-25-13-24-42-44(43)47(40-23-14-30-48-45(40)52)41-31-39(32-49-46(41)51(42)37-21-11-4-12-22-37)50(35-17-7-2-8-18-35)36-19-9-3-10-20-36/h1-32H. The van der Waals surface area contributed by atoms with Crippen LogP contribution in [0.15, 0.2) is 194 Å². The van der Waals surface area contributed by atoms with Gasteiger partial charge < -0.3 is 4.90 Å². The number of hydrogen-bond donors (Lipinski definition) is 0. The topological polar surface area (TPSA) is 35.5 Å². The van der Waals surface area contributed by atoms with Crippen LogP contribution >= 0.6 is 0 Å². The first-order valence-corrected chi connectivity index (χ1v) is 17.6. The van der Waals surface area contributed by atoms with E-state index in [9.17, 15) is 0 Å². The fourth-order valence-corrected chi connectivity index (χ4v) is 7.87. The summed E-state index contributed by atoms with van der Waals surface area (Å²) in [4.78, 5) is 17.4. The highest BCUT2D eigenvalue weighted by Crippen LogP contribution is 2.44. The van der Waals surface area contributed by atoms with Crippen LogP contribution in [0, 0.1) is 0 Å². The molecule has 244 valence electrons. The van der Waals surface area contributed by atoms with Gasteiger partial charge in [0.2, 0.25) is 0 Å². The molecule has 6 heteroatoms. The second-order valence-electron chi connectivity index (χ2n) is 13.1. The molecule has 2 aliphatic heterocycles. The minimum atomic E-state index is -0.0921. The number of pyridine rings is 2. The Balaban J connectivity index is 1.20. The first-order valence-electron chi connectivity index (χ1n) is 17.6. The predicted molar refractivity (Wildman–Crippen MR) is 216 cm³/mol. The van der Waals surface area contributed by atoms with Crippen LogP contribution in [-0.2, 0) is 0 Å². The molecule has 2 aromatic heterocycles. The smallest absolute Gasteiger partial charge is 0.256 e. The summed E-state index contributed by atoms with van der Waals surface area (Å²) in [5, 5.41) is 0. The summed E-state index contributed by atoms with van der Waals surface area (Å²) in [6, 6.07) is 64.3. The van der Waals surface area contributed by atoms with Crippen LogP contribution < -0.4 is 31.1 Å². The monoisotopic (exact) mass is 665 g/mol. The third kappa shape index (κ3) is 4.88. The van der Waals surface area contributed by atoms with Crippen molar-refractivity contribution in [2.45, 2.75) is 0 Å². The van der Waals surface area contributed by atoms with Gasteiger partial charge in [0.15, 0.2) is 0 Å². The molecule has 4 heterocycles. The number of nitrogens with zero attached hydrogens (tertiary/aromatic N) is 5. The summed E-state index contributed by atoms with van der Waals surface area (Å²) in [6.45, 7) is -0.0921. The van der Waals surface area contributed by atoms with Gasteiger partial charge in [-0.25, -0.2) is 9.97 Å². The number of hydrogen-bond acceptors (Lipinski definition) is 5. The molecule has 0 N–H and O–H groups in total. The highest BCUT2D eigenvalue weighted by molar-refractivity contribution is 7.00. The van der Waals surface area contributed by atoms with E-state index in [1.54, 1.807) is 0 Å². The zero-order chi connectivity index (χ0) is 34.4. The molecule has 0 radical (unpaired) electrons. The molecule has 8 aromatic rings. The van der Waals surface area contributed by atoms with Gasteiger partial charge in [0.1, 0.15) is 11.6 Å². The van der Waals surface area contributed by atoms with Crippen molar-refractivity contribution in [2.24, 2.45) is 0 Å². The molecule has 0 saturated carbocycles. The van der Waals surface area contributed by atoms with E-state index in [1.165, 1.54) is 16.6 Å². The molecule has 2 aliphatic rings. The van der Waals surface area contributed by atoms with E-state index in [4.69, 9.17) is 9.97 Å². The van der Waals surface area contributed by atoms with Gasteiger partial charge in [-0.05, 0) is 100 Å². The van der Waals surface area contributed by atoms with Gasteiger partial charge >= 0.3 is 0 Å². The van der Waals surface area contributed by atoms with E-state index < -0.39 is 0 Å². The van der Waals surface area contributed by atoms with Crippen molar-refractivity contribution in [3.05, 3.63) is 194 Å². The van der Waals surface area contributed by atoms with E-state index >= 15 is 0 Å². The van der Waals surface area contributed by atoms with Crippen molar-refractivity contribution in [1.29, 1.82) is 0 Å². The molecule has 5 nitrogen and oxygen atoms in total. The van der Waals surface area contributed by atoms with E-state index in [0.29, 0.717) is 0 Å². The Morgan fingerprint density at radius 1 is 0.423 bits per heavy atom. The van der Waals surface area contributed by atoms with Crippen LogP contribution in [0.25, 0.3) is 11.1 Å². The third-order valence-electron chi connectivity index (χ3n) is 10.1. The van der Waals surface area contributed by atoms with Crippen LogP contribution in [0.3, 0.4) is 0 Å². The number of rotatable bonds is 6. The van der Waals surface area contributed by atoms with Crippen LogP contribution in [0.4, 0.5) is 51.4 Å². The highest BCUT2D eigenvalue weighted by Gasteiger charge is 2.44.